The number of aromatic nitrogens is 1. The first-order valence-electron chi connectivity index (χ1n) is 5.34. The summed E-state index contributed by atoms with van der Waals surface area (Å²) in [6, 6.07) is 9.17. The van der Waals surface area contributed by atoms with Gasteiger partial charge < -0.3 is 15.6 Å². The van der Waals surface area contributed by atoms with E-state index < -0.39 is 0 Å². The third kappa shape index (κ3) is 2.81. The van der Waals surface area contributed by atoms with Crippen LogP contribution in [0.4, 0.5) is 0 Å². The monoisotopic (exact) mass is 230 g/mol. The lowest BCUT2D eigenvalue weighted by molar-refractivity contribution is 0.276. The van der Waals surface area contributed by atoms with E-state index in [1.54, 1.807) is 18.5 Å². The van der Waals surface area contributed by atoms with Crippen molar-refractivity contribution in [1.82, 2.24) is 4.98 Å². The summed E-state index contributed by atoms with van der Waals surface area (Å²) in [4.78, 5) is 4.04. The van der Waals surface area contributed by atoms with Gasteiger partial charge in [0, 0.05) is 18.3 Å². The molecule has 0 aliphatic carbocycles. The summed E-state index contributed by atoms with van der Waals surface area (Å²) in [6.07, 6.45) is 3.32. The van der Waals surface area contributed by atoms with Crippen molar-refractivity contribution >= 4 is 0 Å². The van der Waals surface area contributed by atoms with Crippen LogP contribution in [0.1, 0.15) is 11.1 Å². The molecule has 2 rings (SSSR count). The molecule has 1 aromatic carbocycles. The molecule has 0 spiro atoms. The van der Waals surface area contributed by atoms with E-state index in [0.717, 1.165) is 11.1 Å². The predicted molar refractivity (Wildman–Crippen MR) is 64.6 cm³/mol. The Morgan fingerprint density at radius 2 is 2.06 bits per heavy atom. The van der Waals surface area contributed by atoms with Gasteiger partial charge in [-0.25, -0.2) is 0 Å². The largest absolute Gasteiger partial charge is 0.455 e. The first-order valence-corrected chi connectivity index (χ1v) is 5.34. The molecule has 4 nitrogen and oxygen atoms in total. The quantitative estimate of drug-likeness (QED) is 0.840. The van der Waals surface area contributed by atoms with Crippen LogP contribution in [-0.4, -0.2) is 10.1 Å². The number of hydrogen-bond acceptors (Lipinski definition) is 4. The standard InChI is InChI=1S/C13H14N2O2/c14-6-10-5-12(8-15-7-10)17-13-4-2-1-3-11(13)9-16/h1-5,7-8,16H,6,9,14H2. The molecule has 0 unspecified atom stereocenters. The van der Waals surface area contributed by atoms with Crippen LogP contribution >= 0.6 is 0 Å². The third-order valence-corrected chi connectivity index (χ3v) is 2.38. The average molecular weight is 230 g/mol. The van der Waals surface area contributed by atoms with Gasteiger partial charge in [-0.1, -0.05) is 18.2 Å². The molecule has 4 heteroatoms. The van der Waals surface area contributed by atoms with E-state index in [1.807, 2.05) is 24.3 Å². The highest BCUT2D eigenvalue weighted by Crippen LogP contribution is 2.25. The number of nitrogens with zero attached hydrogens (tertiary/aromatic N) is 1. The van der Waals surface area contributed by atoms with Crippen molar-refractivity contribution in [3.63, 3.8) is 0 Å². The van der Waals surface area contributed by atoms with Crippen molar-refractivity contribution in [3.05, 3.63) is 53.9 Å². The van der Waals surface area contributed by atoms with Gasteiger partial charge in [-0.2, -0.15) is 0 Å². The minimum Gasteiger partial charge on any atom is -0.455 e. The summed E-state index contributed by atoms with van der Waals surface area (Å²) in [6.45, 7) is 0.367. The predicted octanol–water partition coefficient (Wildman–Crippen LogP) is 1.82. The number of pyridine rings is 1. The second-order valence-corrected chi connectivity index (χ2v) is 3.60. The van der Waals surface area contributed by atoms with Crippen molar-refractivity contribution in [1.29, 1.82) is 0 Å². The number of aliphatic hydroxyl groups is 1. The zero-order chi connectivity index (χ0) is 12.1. The number of benzene rings is 1. The minimum absolute atomic E-state index is 0.0554. The lowest BCUT2D eigenvalue weighted by Crippen LogP contribution is -1.98. The fourth-order valence-corrected chi connectivity index (χ4v) is 1.49. The molecule has 0 aliphatic rings. The average Bonchev–Trinajstić information content (AvgIpc) is 2.39. The van der Waals surface area contributed by atoms with Crippen molar-refractivity contribution in [3.8, 4) is 11.5 Å². The van der Waals surface area contributed by atoms with Gasteiger partial charge in [-0.3, -0.25) is 4.98 Å². The first-order chi connectivity index (χ1) is 8.33. The number of nitrogens with two attached hydrogens (primary N) is 1. The Bertz CT molecular complexity index is 500. The van der Waals surface area contributed by atoms with E-state index in [4.69, 9.17) is 10.5 Å². The topological polar surface area (TPSA) is 68.4 Å². The van der Waals surface area contributed by atoms with Gasteiger partial charge in [0.1, 0.15) is 11.5 Å². The highest BCUT2D eigenvalue weighted by atomic mass is 16.5. The summed E-state index contributed by atoms with van der Waals surface area (Å²) in [5.41, 5.74) is 7.18. The van der Waals surface area contributed by atoms with Gasteiger partial charge in [0.15, 0.2) is 0 Å². The van der Waals surface area contributed by atoms with E-state index in [0.29, 0.717) is 18.0 Å². The highest BCUT2D eigenvalue weighted by Gasteiger charge is 2.03. The lowest BCUT2D eigenvalue weighted by atomic mass is 10.2. The second-order valence-electron chi connectivity index (χ2n) is 3.60. The SMILES string of the molecule is NCc1cncc(Oc2ccccc2CO)c1. The summed E-state index contributed by atoms with van der Waals surface area (Å²) in [7, 11) is 0. The fourth-order valence-electron chi connectivity index (χ4n) is 1.49. The van der Waals surface area contributed by atoms with Crippen molar-refractivity contribution in [2.24, 2.45) is 5.73 Å². The van der Waals surface area contributed by atoms with Crippen LogP contribution in [-0.2, 0) is 13.2 Å². The Morgan fingerprint density at radius 3 is 2.82 bits per heavy atom. The van der Waals surface area contributed by atoms with E-state index in [9.17, 15) is 5.11 Å². The Balaban J connectivity index is 2.24. The van der Waals surface area contributed by atoms with Gasteiger partial charge in [-0.15, -0.1) is 0 Å². The summed E-state index contributed by atoms with van der Waals surface area (Å²) in [5, 5.41) is 9.18. The van der Waals surface area contributed by atoms with Gasteiger partial charge in [0.25, 0.3) is 0 Å². The molecule has 0 radical (unpaired) electrons. The molecular weight excluding hydrogens is 216 g/mol. The molecule has 0 bridgehead atoms. The smallest absolute Gasteiger partial charge is 0.146 e. The molecule has 1 heterocycles. The molecule has 0 aliphatic heterocycles. The normalized spacial score (nSPS) is 10.2. The van der Waals surface area contributed by atoms with Crippen LogP contribution in [0.15, 0.2) is 42.7 Å². The molecule has 2 aromatic rings. The van der Waals surface area contributed by atoms with E-state index in [-0.39, 0.29) is 6.61 Å². The molecule has 0 saturated carbocycles. The maximum Gasteiger partial charge on any atom is 0.146 e. The van der Waals surface area contributed by atoms with Crippen LogP contribution in [0.25, 0.3) is 0 Å². The Hall–Kier alpha value is -1.91. The van der Waals surface area contributed by atoms with Crippen molar-refractivity contribution in [2.45, 2.75) is 13.2 Å². The van der Waals surface area contributed by atoms with E-state index in [1.165, 1.54) is 0 Å². The Labute approximate surface area is 99.7 Å². The lowest BCUT2D eigenvalue weighted by Gasteiger charge is -2.09. The second kappa shape index (κ2) is 5.43. The van der Waals surface area contributed by atoms with Crippen LogP contribution in [0.5, 0.6) is 11.5 Å². The van der Waals surface area contributed by atoms with Crippen LogP contribution in [0, 0.1) is 0 Å². The van der Waals surface area contributed by atoms with E-state index in [2.05, 4.69) is 4.98 Å². The maximum atomic E-state index is 9.18. The Morgan fingerprint density at radius 1 is 1.24 bits per heavy atom. The van der Waals surface area contributed by atoms with Gasteiger partial charge >= 0.3 is 0 Å². The maximum absolute atomic E-state index is 9.18. The third-order valence-electron chi connectivity index (χ3n) is 2.38. The summed E-state index contributed by atoms with van der Waals surface area (Å²) >= 11 is 0. The summed E-state index contributed by atoms with van der Waals surface area (Å²) < 4.78 is 5.66. The van der Waals surface area contributed by atoms with Gasteiger partial charge in [-0.05, 0) is 17.7 Å². The number of aliphatic hydroxyl groups excluding tert-OH is 1. The summed E-state index contributed by atoms with van der Waals surface area (Å²) in [5.74, 6) is 1.25. The highest BCUT2D eigenvalue weighted by molar-refractivity contribution is 5.37. The fraction of sp³-hybridized carbons (Fsp3) is 0.154. The molecular formula is C13H14N2O2. The van der Waals surface area contributed by atoms with Crippen molar-refractivity contribution in [2.75, 3.05) is 0 Å². The molecule has 3 N–H and O–H groups in total. The number of para-hydroxylation sites is 1. The Kier molecular flexibility index (Phi) is 3.69. The zero-order valence-corrected chi connectivity index (χ0v) is 9.34. The molecule has 0 amide bonds. The van der Waals surface area contributed by atoms with Gasteiger partial charge in [0.05, 0.1) is 12.8 Å². The minimum atomic E-state index is -0.0554. The molecule has 1 aromatic heterocycles. The first kappa shape index (κ1) is 11.6. The molecule has 0 fully saturated rings. The molecule has 17 heavy (non-hydrogen) atoms. The van der Waals surface area contributed by atoms with Crippen LogP contribution in [0.2, 0.25) is 0 Å². The number of ether oxygens (including phenoxy) is 1. The van der Waals surface area contributed by atoms with Crippen molar-refractivity contribution < 1.29 is 9.84 Å². The van der Waals surface area contributed by atoms with Gasteiger partial charge in [0.2, 0.25) is 0 Å². The molecule has 88 valence electrons. The van der Waals surface area contributed by atoms with Crippen LogP contribution < -0.4 is 10.5 Å². The molecule has 0 atom stereocenters. The zero-order valence-electron chi connectivity index (χ0n) is 9.34. The number of rotatable bonds is 4. The number of hydrogen-bond donors (Lipinski definition) is 2. The molecule has 0 saturated heterocycles. The van der Waals surface area contributed by atoms with Crippen LogP contribution in [0.3, 0.4) is 0 Å². The van der Waals surface area contributed by atoms with E-state index >= 15 is 0 Å².